The molecule has 1 unspecified atom stereocenters. The van der Waals surface area contributed by atoms with Crippen LogP contribution in [-0.4, -0.2) is 36.8 Å². The molecule has 0 spiro atoms. The lowest BCUT2D eigenvalue weighted by Crippen LogP contribution is -2.47. The molecule has 0 radical (unpaired) electrons. The highest BCUT2D eigenvalue weighted by Gasteiger charge is 2.33. The molecule has 3 rings (SSSR count). The van der Waals surface area contributed by atoms with E-state index in [2.05, 4.69) is 4.98 Å². The van der Waals surface area contributed by atoms with Crippen molar-refractivity contribution in [2.45, 2.75) is 30.2 Å². The monoisotopic (exact) mass is 341 g/mol. The first kappa shape index (κ1) is 17.1. The highest BCUT2D eigenvalue weighted by Crippen LogP contribution is 2.29. The molecule has 2 heterocycles. The number of nitrogens with zero attached hydrogens (tertiary/aromatic N) is 2. The van der Waals surface area contributed by atoms with E-state index in [0.717, 1.165) is 19.3 Å². The van der Waals surface area contributed by atoms with Crippen molar-refractivity contribution in [2.75, 3.05) is 13.1 Å². The van der Waals surface area contributed by atoms with Crippen LogP contribution in [0, 0.1) is 0 Å². The second kappa shape index (κ2) is 6.91. The molecule has 1 atom stereocenters. The minimum absolute atomic E-state index is 0. The Morgan fingerprint density at radius 3 is 2.82 bits per heavy atom. The summed E-state index contributed by atoms with van der Waals surface area (Å²) >= 11 is 0. The van der Waals surface area contributed by atoms with Crippen molar-refractivity contribution in [2.24, 2.45) is 5.73 Å². The molecule has 120 valence electrons. The number of fused-ring (bicyclic) bond motifs is 1. The van der Waals surface area contributed by atoms with Crippen LogP contribution in [-0.2, 0) is 10.0 Å². The molecule has 1 aromatic carbocycles. The smallest absolute Gasteiger partial charge is 0.244 e. The number of rotatable bonds is 3. The number of piperidine rings is 1. The SMILES string of the molecule is Cl.NCC1CCCCN1S(=O)(=O)c1cccc2ncccc12. The molecule has 2 aromatic rings. The summed E-state index contributed by atoms with van der Waals surface area (Å²) in [6.07, 6.45) is 4.42. The molecule has 1 aliphatic heterocycles. The fourth-order valence-corrected chi connectivity index (χ4v) is 4.86. The Kier molecular flexibility index (Phi) is 5.39. The van der Waals surface area contributed by atoms with E-state index in [1.54, 1.807) is 34.8 Å². The standard InChI is InChI=1S/C15H19N3O2S.ClH/c16-11-12-5-1-2-10-18(12)21(19,20)15-8-3-7-14-13(15)6-4-9-17-14;/h3-4,6-9,12H,1-2,5,10-11,16H2;1H. The van der Waals surface area contributed by atoms with Gasteiger partial charge in [-0.25, -0.2) is 8.42 Å². The van der Waals surface area contributed by atoms with Gasteiger partial charge in [0.2, 0.25) is 10.0 Å². The first-order valence-electron chi connectivity index (χ1n) is 7.20. The van der Waals surface area contributed by atoms with E-state index < -0.39 is 10.0 Å². The zero-order chi connectivity index (χ0) is 14.9. The third-order valence-electron chi connectivity index (χ3n) is 4.04. The minimum Gasteiger partial charge on any atom is -0.329 e. The lowest BCUT2D eigenvalue weighted by Gasteiger charge is -2.34. The van der Waals surface area contributed by atoms with E-state index in [9.17, 15) is 8.42 Å². The van der Waals surface area contributed by atoms with Crippen LogP contribution < -0.4 is 5.73 Å². The topological polar surface area (TPSA) is 76.3 Å². The van der Waals surface area contributed by atoms with Gasteiger partial charge in [0.15, 0.2) is 0 Å². The lowest BCUT2D eigenvalue weighted by molar-refractivity contribution is 0.258. The molecule has 0 saturated carbocycles. The van der Waals surface area contributed by atoms with E-state index >= 15 is 0 Å². The van der Waals surface area contributed by atoms with Crippen molar-refractivity contribution < 1.29 is 8.42 Å². The summed E-state index contributed by atoms with van der Waals surface area (Å²) in [6, 6.07) is 8.68. The van der Waals surface area contributed by atoms with Crippen LogP contribution in [0.4, 0.5) is 0 Å². The maximum atomic E-state index is 13.0. The molecule has 0 bridgehead atoms. The third-order valence-corrected chi connectivity index (χ3v) is 6.05. The van der Waals surface area contributed by atoms with Crippen LogP contribution >= 0.6 is 12.4 Å². The maximum absolute atomic E-state index is 13.0. The highest BCUT2D eigenvalue weighted by molar-refractivity contribution is 7.89. The summed E-state index contributed by atoms with van der Waals surface area (Å²) in [5, 5.41) is 0.668. The molecule has 22 heavy (non-hydrogen) atoms. The molecule has 7 heteroatoms. The Morgan fingerprint density at radius 1 is 1.23 bits per heavy atom. The number of hydrogen-bond acceptors (Lipinski definition) is 4. The van der Waals surface area contributed by atoms with Crippen molar-refractivity contribution in [3.05, 3.63) is 36.5 Å². The van der Waals surface area contributed by atoms with Crippen molar-refractivity contribution in [1.29, 1.82) is 0 Å². The molecule has 1 fully saturated rings. The van der Waals surface area contributed by atoms with Crippen LogP contribution in [0.15, 0.2) is 41.4 Å². The van der Waals surface area contributed by atoms with Crippen LogP contribution in [0.5, 0.6) is 0 Å². The predicted octanol–water partition coefficient (Wildman–Crippen LogP) is 2.16. The van der Waals surface area contributed by atoms with Gasteiger partial charge in [0.05, 0.1) is 10.4 Å². The van der Waals surface area contributed by atoms with E-state index in [4.69, 9.17) is 5.73 Å². The zero-order valence-corrected chi connectivity index (χ0v) is 13.8. The quantitative estimate of drug-likeness (QED) is 0.928. The summed E-state index contributed by atoms with van der Waals surface area (Å²) in [4.78, 5) is 4.56. The molecule has 1 aliphatic rings. The van der Waals surface area contributed by atoms with Gasteiger partial charge in [0.1, 0.15) is 0 Å². The second-order valence-corrected chi connectivity index (χ2v) is 7.19. The molecular formula is C15H20ClN3O2S. The zero-order valence-electron chi connectivity index (χ0n) is 12.2. The molecular weight excluding hydrogens is 322 g/mol. The number of halogens is 1. The van der Waals surface area contributed by atoms with Gasteiger partial charge in [-0.05, 0) is 37.1 Å². The van der Waals surface area contributed by atoms with Crippen molar-refractivity contribution in [3.63, 3.8) is 0 Å². The fraction of sp³-hybridized carbons (Fsp3) is 0.400. The number of benzene rings is 1. The molecule has 0 amide bonds. The van der Waals surface area contributed by atoms with Crippen LogP contribution in [0.1, 0.15) is 19.3 Å². The molecule has 0 aliphatic carbocycles. The van der Waals surface area contributed by atoms with E-state index in [1.807, 2.05) is 6.07 Å². The summed E-state index contributed by atoms with van der Waals surface area (Å²) in [6.45, 7) is 0.906. The van der Waals surface area contributed by atoms with E-state index in [0.29, 0.717) is 28.9 Å². The van der Waals surface area contributed by atoms with Gasteiger partial charge in [-0.2, -0.15) is 4.31 Å². The van der Waals surface area contributed by atoms with Gasteiger partial charge in [-0.3, -0.25) is 4.98 Å². The minimum atomic E-state index is -3.54. The van der Waals surface area contributed by atoms with Gasteiger partial charge in [0, 0.05) is 30.7 Å². The van der Waals surface area contributed by atoms with E-state index in [-0.39, 0.29) is 18.4 Å². The largest absolute Gasteiger partial charge is 0.329 e. The Hall–Kier alpha value is -1.21. The first-order valence-corrected chi connectivity index (χ1v) is 8.64. The Morgan fingerprint density at radius 2 is 2.05 bits per heavy atom. The number of sulfonamides is 1. The maximum Gasteiger partial charge on any atom is 0.244 e. The number of hydrogen-bond donors (Lipinski definition) is 1. The summed E-state index contributed by atoms with van der Waals surface area (Å²) < 4.78 is 27.6. The van der Waals surface area contributed by atoms with Crippen molar-refractivity contribution in [3.8, 4) is 0 Å². The Bertz CT molecular complexity index is 746. The highest BCUT2D eigenvalue weighted by atomic mass is 35.5. The van der Waals surface area contributed by atoms with Crippen molar-refractivity contribution in [1.82, 2.24) is 9.29 Å². The Labute approximate surface area is 137 Å². The second-order valence-electron chi connectivity index (χ2n) is 5.33. The number of aromatic nitrogens is 1. The van der Waals surface area contributed by atoms with Gasteiger partial charge >= 0.3 is 0 Å². The van der Waals surface area contributed by atoms with Crippen molar-refractivity contribution >= 4 is 33.3 Å². The van der Waals surface area contributed by atoms with Gasteiger partial charge in [0.25, 0.3) is 0 Å². The predicted molar refractivity (Wildman–Crippen MR) is 89.6 cm³/mol. The summed E-state index contributed by atoms with van der Waals surface area (Å²) in [5.74, 6) is 0. The lowest BCUT2D eigenvalue weighted by atomic mass is 10.1. The van der Waals surface area contributed by atoms with E-state index in [1.165, 1.54) is 0 Å². The molecule has 1 aromatic heterocycles. The number of nitrogens with two attached hydrogens (primary N) is 1. The van der Waals surface area contributed by atoms with Gasteiger partial charge < -0.3 is 5.73 Å². The van der Waals surface area contributed by atoms with Crippen LogP contribution in [0.3, 0.4) is 0 Å². The number of pyridine rings is 1. The first-order chi connectivity index (χ1) is 10.1. The van der Waals surface area contributed by atoms with Crippen LogP contribution in [0.2, 0.25) is 0 Å². The fourth-order valence-electron chi connectivity index (χ4n) is 2.95. The normalized spacial score (nSPS) is 19.8. The Balaban J connectivity index is 0.00000176. The third kappa shape index (κ3) is 2.96. The molecule has 5 nitrogen and oxygen atoms in total. The van der Waals surface area contributed by atoms with Gasteiger partial charge in [-0.1, -0.05) is 12.5 Å². The molecule has 2 N–H and O–H groups in total. The average Bonchev–Trinajstić information content (AvgIpc) is 2.54. The van der Waals surface area contributed by atoms with Crippen LogP contribution in [0.25, 0.3) is 10.9 Å². The summed E-state index contributed by atoms with van der Waals surface area (Å²) in [5.41, 5.74) is 6.46. The van der Waals surface area contributed by atoms with Gasteiger partial charge in [-0.15, -0.1) is 12.4 Å². The summed E-state index contributed by atoms with van der Waals surface area (Å²) in [7, 11) is -3.54. The molecule has 1 saturated heterocycles. The average molecular weight is 342 g/mol.